The number of sulfone groups is 1. The Bertz CT molecular complexity index is 1060. The van der Waals surface area contributed by atoms with E-state index in [-0.39, 0.29) is 29.6 Å². The number of fused-ring (bicyclic) bond motifs is 1. The summed E-state index contributed by atoms with van der Waals surface area (Å²) in [6.07, 6.45) is 0. The molecule has 0 aromatic heterocycles. The van der Waals surface area contributed by atoms with E-state index in [0.717, 1.165) is 33.5 Å². The molecule has 5 nitrogen and oxygen atoms in total. The Balaban J connectivity index is 1.77. The number of hydrogen-bond donors (Lipinski definition) is 0. The Labute approximate surface area is 166 Å². The average molecular weight is 399 g/mol. The second kappa shape index (κ2) is 6.62. The minimum absolute atomic E-state index is 0.0279. The lowest BCUT2D eigenvalue weighted by Crippen LogP contribution is -2.38. The number of amides is 2. The predicted molar refractivity (Wildman–Crippen MR) is 111 cm³/mol. The van der Waals surface area contributed by atoms with Gasteiger partial charge in [0.2, 0.25) is 0 Å². The van der Waals surface area contributed by atoms with Crippen LogP contribution in [0.5, 0.6) is 0 Å². The normalized spacial score (nSPS) is 23.4. The van der Waals surface area contributed by atoms with Gasteiger partial charge < -0.3 is 4.90 Å². The van der Waals surface area contributed by atoms with Crippen LogP contribution in [0.1, 0.15) is 27.8 Å². The maximum Gasteiger partial charge on any atom is 0.325 e. The van der Waals surface area contributed by atoms with E-state index in [1.165, 1.54) is 0 Å². The molecule has 2 heterocycles. The number of carbonyl (C=O) groups is 1. The number of rotatable bonds is 3. The molecule has 2 aliphatic heterocycles. The second-order valence-corrected chi connectivity index (χ2v) is 10.4. The summed E-state index contributed by atoms with van der Waals surface area (Å²) in [6, 6.07) is 11.4. The zero-order valence-corrected chi connectivity index (χ0v) is 17.6. The summed E-state index contributed by atoms with van der Waals surface area (Å²) < 4.78 is 24.9. The molecule has 6 heteroatoms. The highest BCUT2D eigenvalue weighted by molar-refractivity contribution is 7.91. The van der Waals surface area contributed by atoms with Crippen molar-refractivity contribution in [3.05, 3.63) is 64.2 Å². The molecule has 0 unspecified atom stereocenters. The predicted octanol–water partition coefficient (Wildman–Crippen LogP) is 3.53. The topological polar surface area (TPSA) is 57.7 Å². The van der Waals surface area contributed by atoms with Crippen LogP contribution in [0.2, 0.25) is 0 Å². The van der Waals surface area contributed by atoms with Crippen LogP contribution in [-0.4, -0.2) is 42.9 Å². The molecule has 0 N–H and O–H groups in total. The van der Waals surface area contributed by atoms with Crippen molar-refractivity contribution in [3.8, 4) is 0 Å². The van der Waals surface area contributed by atoms with E-state index in [4.69, 9.17) is 0 Å². The van der Waals surface area contributed by atoms with Gasteiger partial charge in [-0.1, -0.05) is 35.9 Å². The number of aryl methyl sites for hydroxylation is 4. The van der Waals surface area contributed by atoms with Crippen LogP contribution in [0.15, 0.2) is 36.4 Å². The van der Waals surface area contributed by atoms with Crippen molar-refractivity contribution in [2.24, 2.45) is 0 Å². The molecule has 2 amide bonds. The highest BCUT2D eigenvalue weighted by Crippen LogP contribution is 2.37. The SMILES string of the molecule is Cc1ccc(C)c(CN2C(=O)N(c3cc(C)ccc3C)[C@H]3CS(=O)(=O)C[C@H]32)c1. The van der Waals surface area contributed by atoms with Gasteiger partial charge in [-0.2, -0.15) is 0 Å². The van der Waals surface area contributed by atoms with E-state index < -0.39 is 9.84 Å². The summed E-state index contributed by atoms with van der Waals surface area (Å²) in [5.41, 5.74) is 6.17. The summed E-state index contributed by atoms with van der Waals surface area (Å²) in [7, 11) is -3.17. The number of urea groups is 1. The maximum atomic E-state index is 13.5. The summed E-state index contributed by atoms with van der Waals surface area (Å²) in [5, 5.41) is 0. The fraction of sp³-hybridized carbons (Fsp3) is 0.409. The number of hydrogen-bond acceptors (Lipinski definition) is 3. The summed E-state index contributed by atoms with van der Waals surface area (Å²) in [5.74, 6) is 0.0652. The van der Waals surface area contributed by atoms with Gasteiger partial charge in [-0.15, -0.1) is 0 Å². The Hall–Kier alpha value is -2.34. The molecule has 2 aromatic rings. The molecular formula is C22H26N2O3S. The minimum atomic E-state index is -3.17. The van der Waals surface area contributed by atoms with Gasteiger partial charge in [0.25, 0.3) is 0 Å². The number of carbonyl (C=O) groups excluding carboxylic acids is 1. The van der Waals surface area contributed by atoms with Crippen LogP contribution in [0, 0.1) is 27.7 Å². The molecular weight excluding hydrogens is 372 g/mol. The van der Waals surface area contributed by atoms with E-state index in [9.17, 15) is 13.2 Å². The number of anilines is 1. The van der Waals surface area contributed by atoms with Crippen molar-refractivity contribution in [1.29, 1.82) is 0 Å². The Kier molecular flexibility index (Phi) is 4.49. The highest BCUT2D eigenvalue weighted by atomic mass is 32.2. The van der Waals surface area contributed by atoms with E-state index in [1.54, 1.807) is 9.80 Å². The standard InChI is InChI=1S/C22H26N2O3S/c1-14-5-7-16(3)18(9-14)11-23-20-12-28(26,27)13-21(20)24(22(23)25)19-10-15(2)6-8-17(19)4/h5-10,20-21H,11-13H2,1-4H3/t20-,21+/m1/s1. The highest BCUT2D eigenvalue weighted by Gasteiger charge is 2.54. The Morgan fingerprint density at radius 3 is 2.21 bits per heavy atom. The number of nitrogens with zero attached hydrogens (tertiary/aromatic N) is 2. The molecule has 0 bridgehead atoms. The molecule has 2 saturated heterocycles. The van der Waals surface area contributed by atoms with Gasteiger partial charge in [-0.25, -0.2) is 13.2 Å². The summed E-state index contributed by atoms with van der Waals surface area (Å²) in [6.45, 7) is 8.44. The zero-order valence-electron chi connectivity index (χ0n) is 16.8. The lowest BCUT2D eigenvalue weighted by atomic mass is 10.0. The van der Waals surface area contributed by atoms with Crippen LogP contribution in [-0.2, 0) is 16.4 Å². The molecule has 0 aliphatic carbocycles. The average Bonchev–Trinajstić information content (AvgIpc) is 3.04. The first kappa shape index (κ1) is 19.0. The Morgan fingerprint density at radius 2 is 1.50 bits per heavy atom. The fourth-order valence-corrected chi connectivity index (χ4v) is 6.33. The second-order valence-electron chi connectivity index (χ2n) is 8.21. The van der Waals surface area contributed by atoms with Gasteiger partial charge in [0.15, 0.2) is 9.84 Å². The van der Waals surface area contributed by atoms with E-state index >= 15 is 0 Å². The molecule has 148 valence electrons. The van der Waals surface area contributed by atoms with Gasteiger partial charge in [0.05, 0.1) is 23.6 Å². The Morgan fingerprint density at radius 1 is 0.893 bits per heavy atom. The van der Waals surface area contributed by atoms with Crippen molar-refractivity contribution in [3.63, 3.8) is 0 Å². The molecule has 2 atom stereocenters. The van der Waals surface area contributed by atoms with Crippen molar-refractivity contribution >= 4 is 21.6 Å². The van der Waals surface area contributed by atoms with Crippen LogP contribution in [0.25, 0.3) is 0 Å². The molecule has 4 rings (SSSR count). The molecule has 0 spiro atoms. The van der Waals surface area contributed by atoms with E-state index in [1.807, 2.05) is 45.9 Å². The summed E-state index contributed by atoms with van der Waals surface area (Å²) in [4.78, 5) is 16.9. The van der Waals surface area contributed by atoms with E-state index in [2.05, 4.69) is 18.2 Å². The third-order valence-electron chi connectivity index (χ3n) is 5.95. The zero-order chi connectivity index (χ0) is 20.2. The minimum Gasteiger partial charge on any atom is -0.314 e. The first-order valence-electron chi connectivity index (χ1n) is 9.60. The molecule has 28 heavy (non-hydrogen) atoms. The van der Waals surface area contributed by atoms with Gasteiger partial charge >= 0.3 is 6.03 Å². The van der Waals surface area contributed by atoms with Crippen LogP contribution < -0.4 is 4.90 Å². The van der Waals surface area contributed by atoms with Gasteiger partial charge in [-0.05, 0) is 56.0 Å². The van der Waals surface area contributed by atoms with Crippen molar-refractivity contribution in [2.45, 2.75) is 46.3 Å². The van der Waals surface area contributed by atoms with Gasteiger partial charge in [0, 0.05) is 12.2 Å². The summed E-state index contributed by atoms with van der Waals surface area (Å²) >= 11 is 0. The van der Waals surface area contributed by atoms with Crippen LogP contribution >= 0.6 is 0 Å². The van der Waals surface area contributed by atoms with Crippen molar-refractivity contribution < 1.29 is 13.2 Å². The van der Waals surface area contributed by atoms with Gasteiger partial charge in [-0.3, -0.25) is 4.90 Å². The molecule has 2 aliphatic rings. The molecule has 0 saturated carbocycles. The molecule has 2 aromatic carbocycles. The van der Waals surface area contributed by atoms with Crippen molar-refractivity contribution in [1.82, 2.24) is 4.90 Å². The fourth-order valence-electron chi connectivity index (χ4n) is 4.38. The third kappa shape index (κ3) is 3.20. The largest absolute Gasteiger partial charge is 0.325 e. The molecule has 2 fully saturated rings. The monoisotopic (exact) mass is 398 g/mol. The van der Waals surface area contributed by atoms with E-state index in [0.29, 0.717) is 6.54 Å². The first-order chi connectivity index (χ1) is 13.2. The molecule has 0 radical (unpaired) electrons. The van der Waals surface area contributed by atoms with Crippen LogP contribution in [0.3, 0.4) is 0 Å². The van der Waals surface area contributed by atoms with Crippen molar-refractivity contribution in [2.75, 3.05) is 16.4 Å². The smallest absolute Gasteiger partial charge is 0.314 e. The first-order valence-corrected chi connectivity index (χ1v) is 11.4. The maximum absolute atomic E-state index is 13.5. The van der Waals surface area contributed by atoms with Crippen LogP contribution in [0.4, 0.5) is 10.5 Å². The quantitative estimate of drug-likeness (QED) is 0.743. The third-order valence-corrected chi connectivity index (χ3v) is 7.65. The number of benzene rings is 2. The lowest BCUT2D eigenvalue weighted by molar-refractivity contribution is 0.205. The lowest BCUT2D eigenvalue weighted by Gasteiger charge is -2.25. The van der Waals surface area contributed by atoms with Gasteiger partial charge in [0.1, 0.15) is 0 Å².